The second-order valence-electron chi connectivity index (χ2n) is 10.0. The standard InChI is InChI=1S/C30H29FN6O5S.C2H6.HIS/c1-17-10-20(28-23(11-17)35-27(39-3)15-33-28)29-36-22-12-21(31)24(13-25(22)43-29)42-18(2)16-41-30(38)34-19-4-5-26(32-14-19)37-6-8-40-9-7-37;2*1-2/h4-5,10-15,18H,6-9,16H2,1-3H3,(H,34,38);1-2H3;2H. The first-order valence-corrected chi connectivity index (χ1v) is 18.9. The van der Waals surface area contributed by atoms with Crippen molar-refractivity contribution in [3.05, 3.63) is 60.2 Å². The van der Waals surface area contributed by atoms with E-state index in [2.05, 4.69) is 40.0 Å². The second-order valence-corrected chi connectivity index (χ2v) is 11.0. The maximum Gasteiger partial charge on any atom is 0.411 e. The van der Waals surface area contributed by atoms with Crippen LogP contribution in [0.1, 0.15) is 26.3 Å². The highest BCUT2D eigenvalue weighted by atomic mass is 127. The molecule has 0 aliphatic carbocycles. The number of aryl methyl sites for hydroxylation is 1. The lowest BCUT2D eigenvalue weighted by Gasteiger charge is -2.27. The average molecular weight is 795 g/mol. The zero-order valence-electron chi connectivity index (χ0n) is 26.6. The minimum absolute atomic E-state index is 0.0423. The number of benzene rings is 2. The maximum absolute atomic E-state index is 15.0. The Bertz CT molecular complexity index is 1790. The number of thiazole rings is 1. The third kappa shape index (κ3) is 9.30. The number of hydrogen-bond donors (Lipinski definition) is 2. The van der Waals surface area contributed by atoms with Gasteiger partial charge in [0.1, 0.15) is 23.5 Å². The summed E-state index contributed by atoms with van der Waals surface area (Å²) < 4.78 is 37.4. The van der Waals surface area contributed by atoms with E-state index in [-0.39, 0.29) is 12.4 Å². The lowest BCUT2D eigenvalue weighted by molar-refractivity contribution is 0.0969. The summed E-state index contributed by atoms with van der Waals surface area (Å²) >= 11 is 3.24. The first-order valence-electron chi connectivity index (χ1n) is 14.8. The van der Waals surface area contributed by atoms with Crippen LogP contribution in [0.5, 0.6) is 11.6 Å². The molecule has 1 unspecified atom stereocenters. The third-order valence-corrected chi connectivity index (χ3v) is 7.81. The van der Waals surface area contributed by atoms with Gasteiger partial charge in [0.25, 0.3) is 0 Å². The molecule has 0 saturated carbocycles. The molecule has 47 heavy (non-hydrogen) atoms. The van der Waals surface area contributed by atoms with Gasteiger partial charge in [0.2, 0.25) is 5.88 Å². The van der Waals surface area contributed by atoms with Crippen LogP contribution in [0.4, 0.5) is 20.7 Å². The summed E-state index contributed by atoms with van der Waals surface area (Å²) in [6.45, 7) is 10.4. The highest BCUT2D eigenvalue weighted by Gasteiger charge is 2.18. The highest BCUT2D eigenvalue weighted by molar-refractivity contribution is 14.2. The fourth-order valence-corrected chi connectivity index (χ4v) is 5.67. The molecule has 1 atom stereocenters. The van der Waals surface area contributed by atoms with Crippen molar-refractivity contribution in [2.24, 2.45) is 0 Å². The Morgan fingerprint density at radius 3 is 2.57 bits per heavy atom. The van der Waals surface area contributed by atoms with E-state index in [1.54, 1.807) is 38.6 Å². The molecular weight excluding hydrogens is 758 g/mol. The van der Waals surface area contributed by atoms with Crippen molar-refractivity contribution in [3.63, 3.8) is 0 Å². The molecule has 6 rings (SSSR count). The number of nitrogens with zero attached hydrogens (tertiary/aromatic N) is 5. The van der Waals surface area contributed by atoms with Gasteiger partial charge >= 0.3 is 6.09 Å². The molecule has 1 aliphatic heterocycles. The van der Waals surface area contributed by atoms with Crippen molar-refractivity contribution in [3.8, 4) is 22.2 Å². The normalized spacial score (nSPS) is 13.1. The first kappa shape index (κ1) is 36.3. The Morgan fingerprint density at radius 1 is 1.11 bits per heavy atom. The van der Waals surface area contributed by atoms with E-state index in [9.17, 15) is 4.79 Å². The largest absolute Gasteiger partial charge is 0.484 e. The summed E-state index contributed by atoms with van der Waals surface area (Å²) in [5.74, 6) is 0.715. The second kappa shape index (κ2) is 17.6. The predicted molar refractivity (Wildman–Crippen MR) is 196 cm³/mol. The van der Waals surface area contributed by atoms with Crippen LogP contribution in [0.3, 0.4) is 0 Å². The number of thiol groups is 1. The summed E-state index contributed by atoms with van der Waals surface area (Å²) in [6, 6.07) is 10.4. The lowest BCUT2D eigenvalue weighted by Crippen LogP contribution is -2.36. The monoisotopic (exact) mass is 794 g/mol. The number of halogens is 2. The quantitative estimate of drug-likeness (QED) is 0.119. The number of amides is 1. The van der Waals surface area contributed by atoms with E-state index in [4.69, 9.17) is 18.9 Å². The van der Waals surface area contributed by atoms with Gasteiger partial charge < -0.3 is 23.8 Å². The van der Waals surface area contributed by atoms with Crippen LogP contribution in [-0.2, 0) is 9.47 Å². The summed E-state index contributed by atoms with van der Waals surface area (Å²) in [4.78, 5) is 32.5. The van der Waals surface area contributed by atoms with Gasteiger partial charge in [0, 0.05) is 30.8 Å². The molecule has 5 aromatic rings. The van der Waals surface area contributed by atoms with Crippen molar-refractivity contribution in [1.29, 1.82) is 0 Å². The molecule has 1 N–H and O–H groups in total. The Labute approximate surface area is 294 Å². The molecule has 3 aromatic heterocycles. The molecule has 4 heterocycles. The van der Waals surface area contributed by atoms with Crippen LogP contribution in [0.15, 0.2) is 48.8 Å². The van der Waals surface area contributed by atoms with Gasteiger partial charge in [-0.3, -0.25) is 5.32 Å². The van der Waals surface area contributed by atoms with Gasteiger partial charge in [-0.1, -0.05) is 13.8 Å². The maximum atomic E-state index is 15.0. The van der Waals surface area contributed by atoms with Crippen molar-refractivity contribution < 1.29 is 28.1 Å². The zero-order valence-corrected chi connectivity index (χ0v) is 30.5. The molecule has 0 spiro atoms. The van der Waals surface area contributed by atoms with Crippen LogP contribution in [-0.4, -0.2) is 72.2 Å². The molecule has 0 radical (unpaired) electrons. The molecule has 1 aliphatic rings. The molecule has 15 heteroatoms. The van der Waals surface area contributed by atoms with Crippen molar-refractivity contribution in [1.82, 2.24) is 19.9 Å². The number of nitrogens with one attached hydrogen (secondary N) is 1. The summed E-state index contributed by atoms with van der Waals surface area (Å²) in [5.41, 5.74) is 4.14. The number of ether oxygens (including phenoxy) is 4. The van der Waals surface area contributed by atoms with Crippen molar-refractivity contribution >= 4 is 81.2 Å². The Kier molecular flexibility index (Phi) is 13.6. The number of rotatable bonds is 8. The van der Waals surface area contributed by atoms with Crippen molar-refractivity contribution in [2.45, 2.75) is 33.8 Å². The van der Waals surface area contributed by atoms with E-state index in [0.717, 1.165) is 34.7 Å². The minimum Gasteiger partial charge on any atom is -0.484 e. The molecule has 1 amide bonds. The summed E-state index contributed by atoms with van der Waals surface area (Å²) in [7, 11) is 5.04. The fourth-order valence-electron chi connectivity index (χ4n) is 4.68. The topological polar surface area (TPSA) is 121 Å². The lowest BCUT2D eigenvalue weighted by atomic mass is 10.1. The van der Waals surface area contributed by atoms with E-state index in [1.165, 1.54) is 17.4 Å². The number of morpholine rings is 1. The SMILES string of the molecule is CC.COc1cnc2c(-c3nc4cc(F)c(OC(C)COC(=O)Nc5ccc(N6CCOCC6)nc5)cc4s3)cc(C)cc2n1.SI. The van der Waals surface area contributed by atoms with E-state index in [1.807, 2.05) is 60.2 Å². The molecular formula is C32H36FIN6O5S2. The van der Waals surface area contributed by atoms with Gasteiger partial charge in [-0.15, -0.1) is 21.1 Å². The van der Waals surface area contributed by atoms with Gasteiger partial charge in [-0.25, -0.2) is 29.1 Å². The van der Waals surface area contributed by atoms with E-state index >= 15 is 4.39 Å². The number of anilines is 2. The molecule has 11 nitrogen and oxygen atoms in total. The highest BCUT2D eigenvalue weighted by Crippen LogP contribution is 2.37. The number of methoxy groups -OCH3 is 1. The van der Waals surface area contributed by atoms with Crippen molar-refractivity contribution in [2.75, 3.05) is 50.2 Å². The van der Waals surface area contributed by atoms with Crippen LogP contribution >= 0.6 is 42.3 Å². The number of carbonyl (C=O) groups excluding carboxylic acids is 1. The zero-order chi connectivity index (χ0) is 33.9. The molecule has 250 valence electrons. The summed E-state index contributed by atoms with van der Waals surface area (Å²) in [5, 5.41) is 3.33. The number of hydrogen-bond acceptors (Lipinski definition) is 12. The predicted octanol–water partition coefficient (Wildman–Crippen LogP) is 7.90. The molecule has 0 bridgehead atoms. The van der Waals surface area contributed by atoms with Crippen LogP contribution in [0, 0.1) is 12.7 Å². The van der Waals surface area contributed by atoms with Crippen LogP contribution < -0.4 is 19.7 Å². The van der Waals surface area contributed by atoms with Gasteiger partial charge in [0.05, 0.1) is 59.7 Å². The van der Waals surface area contributed by atoms with E-state index < -0.39 is 18.0 Å². The number of aromatic nitrogens is 4. The first-order chi connectivity index (χ1) is 22.9. The number of carbonyl (C=O) groups is 1. The average Bonchev–Trinajstić information content (AvgIpc) is 3.51. The Hall–Kier alpha value is -3.54. The summed E-state index contributed by atoms with van der Waals surface area (Å²) in [6.07, 6.45) is 1.86. The van der Waals surface area contributed by atoms with Gasteiger partial charge in [-0.2, -0.15) is 0 Å². The van der Waals surface area contributed by atoms with Gasteiger partial charge in [-0.05, 0) is 64.9 Å². The third-order valence-electron chi connectivity index (χ3n) is 6.76. The van der Waals surface area contributed by atoms with Crippen LogP contribution in [0.25, 0.3) is 31.8 Å². The Morgan fingerprint density at radius 2 is 1.87 bits per heavy atom. The van der Waals surface area contributed by atoms with E-state index in [0.29, 0.717) is 46.3 Å². The smallest absolute Gasteiger partial charge is 0.411 e. The minimum atomic E-state index is -0.662. The fraction of sp³-hybridized carbons (Fsp3) is 0.344. The molecule has 1 fully saturated rings. The van der Waals surface area contributed by atoms with Gasteiger partial charge in [0.15, 0.2) is 11.6 Å². The Balaban J connectivity index is 0.00000120. The number of pyridine rings is 1. The number of fused-ring (bicyclic) bond motifs is 2. The molecule has 1 saturated heterocycles. The van der Waals surface area contributed by atoms with Crippen LogP contribution in [0.2, 0.25) is 0 Å². The molecule has 2 aromatic carbocycles.